The maximum Gasteiger partial charge on any atom is 0.154 e. The molecule has 0 aromatic heterocycles. The molecule has 58 valence electrons. The predicted molar refractivity (Wildman–Crippen MR) is 48.9 cm³/mol. The Bertz CT molecular complexity index is 301. The molecule has 0 unspecified atom stereocenters. The number of rotatable bonds is 1. The highest BCUT2D eigenvalue weighted by atomic mass is 127. The van der Waals surface area contributed by atoms with E-state index in [1.807, 2.05) is 22.6 Å². The molecule has 0 aliphatic rings. The molecule has 0 aliphatic carbocycles. The molecule has 1 rings (SSSR count). The lowest BCUT2D eigenvalue weighted by Crippen LogP contribution is -1.97. The summed E-state index contributed by atoms with van der Waals surface area (Å²) in [6, 6.07) is 2.62. The SMILES string of the molecule is Nc1ccc(F)c(C=O)c1I. The summed E-state index contributed by atoms with van der Waals surface area (Å²) in [6.45, 7) is 0. The van der Waals surface area contributed by atoms with Crippen molar-refractivity contribution in [1.82, 2.24) is 0 Å². The summed E-state index contributed by atoms with van der Waals surface area (Å²) in [5, 5.41) is 0. The average molecular weight is 265 g/mol. The van der Waals surface area contributed by atoms with E-state index in [0.29, 0.717) is 15.5 Å². The van der Waals surface area contributed by atoms with Crippen LogP contribution in [0.4, 0.5) is 10.1 Å². The normalized spacial score (nSPS) is 9.64. The number of carbonyl (C=O) groups is 1. The lowest BCUT2D eigenvalue weighted by atomic mass is 10.2. The fourth-order valence-electron chi connectivity index (χ4n) is 0.694. The molecule has 0 saturated carbocycles. The van der Waals surface area contributed by atoms with E-state index >= 15 is 0 Å². The highest BCUT2D eigenvalue weighted by Crippen LogP contribution is 2.20. The third-order valence-corrected chi connectivity index (χ3v) is 2.48. The number of hydrogen-bond acceptors (Lipinski definition) is 2. The zero-order valence-corrected chi connectivity index (χ0v) is 7.63. The monoisotopic (exact) mass is 265 g/mol. The third-order valence-electron chi connectivity index (χ3n) is 1.27. The topological polar surface area (TPSA) is 43.1 Å². The quantitative estimate of drug-likeness (QED) is 0.478. The van der Waals surface area contributed by atoms with Crippen LogP contribution in [-0.2, 0) is 0 Å². The van der Waals surface area contributed by atoms with Gasteiger partial charge in [-0.15, -0.1) is 0 Å². The van der Waals surface area contributed by atoms with Gasteiger partial charge in [0.25, 0.3) is 0 Å². The van der Waals surface area contributed by atoms with Gasteiger partial charge in [-0.05, 0) is 34.7 Å². The van der Waals surface area contributed by atoms with Gasteiger partial charge in [0.2, 0.25) is 0 Å². The summed E-state index contributed by atoms with van der Waals surface area (Å²) >= 11 is 1.83. The van der Waals surface area contributed by atoms with Gasteiger partial charge in [0, 0.05) is 9.26 Å². The summed E-state index contributed by atoms with van der Waals surface area (Å²) < 4.78 is 13.2. The van der Waals surface area contributed by atoms with E-state index in [1.54, 1.807) is 0 Å². The summed E-state index contributed by atoms with van der Waals surface area (Å²) in [5.74, 6) is -0.529. The molecule has 0 fully saturated rings. The van der Waals surface area contributed by atoms with E-state index in [-0.39, 0.29) is 5.56 Å². The summed E-state index contributed by atoms with van der Waals surface area (Å²) in [6.07, 6.45) is 0.466. The van der Waals surface area contributed by atoms with Gasteiger partial charge in [0.15, 0.2) is 6.29 Å². The fraction of sp³-hybridized carbons (Fsp3) is 0. The second-order valence-corrected chi connectivity index (χ2v) is 3.06. The average Bonchev–Trinajstić information content (AvgIpc) is 1.99. The number of halogens is 2. The van der Waals surface area contributed by atoms with Crippen LogP contribution in [0.2, 0.25) is 0 Å². The second kappa shape index (κ2) is 3.17. The fourth-order valence-corrected chi connectivity index (χ4v) is 1.26. The predicted octanol–water partition coefficient (Wildman–Crippen LogP) is 1.82. The highest BCUT2D eigenvalue weighted by molar-refractivity contribution is 14.1. The standard InChI is InChI=1S/C7H5FINO/c8-5-1-2-6(10)7(9)4(5)3-11/h1-3H,10H2. The minimum atomic E-state index is -0.529. The number of hydrogen-bond donors (Lipinski definition) is 1. The number of carbonyl (C=O) groups excluding carboxylic acids is 1. The minimum absolute atomic E-state index is 0.0330. The Hall–Kier alpha value is -0.650. The summed E-state index contributed by atoms with van der Waals surface area (Å²) in [5.41, 5.74) is 5.89. The van der Waals surface area contributed by atoms with Gasteiger partial charge in [0.05, 0.1) is 5.56 Å². The molecule has 2 nitrogen and oxygen atoms in total. The summed E-state index contributed by atoms with van der Waals surface area (Å²) in [4.78, 5) is 10.3. The molecule has 0 saturated heterocycles. The van der Waals surface area contributed by atoms with Crippen LogP contribution in [0.25, 0.3) is 0 Å². The molecular formula is C7H5FINO. The maximum atomic E-state index is 12.7. The van der Waals surface area contributed by atoms with Crippen LogP contribution < -0.4 is 5.73 Å². The van der Waals surface area contributed by atoms with E-state index in [1.165, 1.54) is 12.1 Å². The second-order valence-electron chi connectivity index (χ2n) is 1.98. The molecule has 0 amide bonds. The largest absolute Gasteiger partial charge is 0.398 e. The van der Waals surface area contributed by atoms with Crippen LogP contribution in [0.3, 0.4) is 0 Å². The third kappa shape index (κ3) is 1.50. The van der Waals surface area contributed by atoms with Gasteiger partial charge in [-0.2, -0.15) is 0 Å². The molecule has 1 aromatic carbocycles. The Labute approximate surface area is 76.7 Å². The van der Waals surface area contributed by atoms with E-state index in [0.717, 1.165) is 0 Å². The summed E-state index contributed by atoms with van der Waals surface area (Å²) in [7, 11) is 0. The Morgan fingerprint density at radius 2 is 2.18 bits per heavy atom. The van der Waals surface area contributed by atoms with E-state index < -0.39 is 5.82 Å². The Kier molecular flexibility index (Phi) is 2.43. The van der Waals surface area contributed by atoms with Crippen molar-refractivity contribution in [2.45, 2.75) is 0 Å². The number of anilines is 1. The number of nitrogens with two attached hydrogens (primary N) is 1. The van der Waals surface area contributed by atoms with E-state index in [4.69, 9.17) is 5.73 Å². The van der Waals surface area contributed by atoms with Crippen LogP contribution in [0.5, 0.6) is 0 Å². The van der Waals surface area contributed by atoms with Crippen LogP contribution in [0.1, 0.15) is 10.4 Å². The van der Waals surface area contributed by atoms with Crippen LogP contribution in [-0.4, -0.2) is 6.29 Å². The molecular weight excluding hydrogens is 260 g/mol. The van der Waals surface area contributed by atoms with Crippen LogP contribution in [0, 0.1) is 9.39 Å². The van der Waals surface area contributed by atoms with Crippen molar-refractivity contribution < 1.29 is 9.18 Å². The van der Waals surface area contributed by atoms with Gasteiger partial charge in [-0.1, -0.05) is 0 Å². The first-order chi connectivity index (χ1) is 5.16. The molecule has 0 atom stereocenters. The van der Waals surface area contributed by atoms with Gasteiger partial charge < -0.3 is 5.73 Å². The van der Waals surface area contributed by atoms with Crippen molar-refractivity contribution in [3.63, 3.8) is 0 Å². The number of nitrogen functional groups attached to an aromatic ring is 1. The smallest absolute Gasteiger partial charge is 0.154 e. The van der Waals surface area contributed by atoms with Crippen molar-refractivity contribution in [1.29, 1.82) is 0 Å². The maximum absolute atomic E-state index is 12.7. The lowest BCUT2D eigenvalue weighted by Gasteiger charge is -2.00. The van der Waals surface area contributed by atoms with E-state index in [9.17, 15) is 9.18 Å². The van der Waals surface area contributed by atoms with Crippen molar-refractivity contribution in [3.8, 4) is 0 Å². The molecule has 0 bridgehead atoms. The Morgan fingerprint density at radius 3 is 2.64 bits per heavy atom. The van der Waals surface area contributed by atoms with Crippen molar-refractivity contribution >= 4 is 34.6 Å². The van der Waals surface area contributed by atoms with Gasteiger partial charge in [-0.3, -0.25) is 4.79 Å². The molecule has 0 spiro atoms. The number of benzene rings is 1. The molecule has 0 heterocycles. The first-order valence-corrected chi connectivity index (χ1v) is 3.93. The molecule has 4 heteroatoms. The van der Waals surface area contributed by atoms with Crippen molar-refractivity contribution in [2.75, 3.05) is 5.73 Å². The van der Waals surface area contributed by atoms with Gasteiger partial charge in [0.1, 0.15) is 5.82 Å². The van der Waals surface area contributed by atoms with Crippen molar-refractivity contribution in [2.24, 2.45) is 0 Å². The zero-order valence-electron chi connectivity index (χ0n) is 5.47. The molecule has 0 radical (unpaired) electrons. The first kappa shape index (κ1) is 8.45. The Balaban J connectivity index is 3.40. The molecule has 11 heavy (non-hydrogen) atoms. The van der Waals surface area contributed by atoms with Gasteiger partial charge >= 0.3 is 0 Å². The molecule has 0 aliphatic heterocycles. The number of aldehydes is 1. The lowest BCUT2D eigenvalue weighted by molar-refractivity contribution is 0.111. The van der Waals surface area contributed by atoms with Crippen LogP contribution >= 0.6 is 22.6 Å². The Morgan fingerprint density at radius 1 is 1.55 bits per heavy atom. The molecule has 2 N–H and O–H groups in total. The van der Waals surface area contributed by atoms with Gasteiger partial charge in [-0.25, -0.2) is 4.39 Å². The molecule has 1 aromatic rings. The highest BCUT2D eigenvalue weighted by Gasteiger charge is 2.07. The first-order valence-electron chi connectivity index (χ1n) is 2.85. The van der Waals surface area contributed by atoms with Crippen molar-refractivity contribution in [3.05, 3.63) is 27.1 Å². The zero-order chi connectivity index (χ0) is 8.43. The van der Waals surface area contributed by atoms with Crippen LogP contribution in [0.15, 0.2) is 12.1 Å². The van der Waals surface area contributed by atoms with E-state index in [2.05, 4.69) is 0 Å². The minimum Gasteiger partial charge on any atom is -0.398 e.